The first-order valence-electron chi connectivity index (χ1n) is 10.6. The number of nitrogens with zero attached hydrogens (tertiary/aromatic N) is 4. The van der Waals surface area contributed by atoms with Gasteiger partial charge < -0.3 is 10.0 Å². The Kier molecular flexibility index (Phi) is 7.21. The molecule has 2 heterocycles. The monoisotopic (exact) mass is 788 g/mol. The minimum atomic E-state index is -0.946. The molecule has 0 radical (unpaired) electrons. The summed E-state index contributed by atoms with van der Waals surface area (Å²) in [6.45, 7) is 10.5. The number of anilines is 2. The van der Waals surface area contributed by atoms with Gasteiger partial charge in [0.05, 0.1) is 17.2 Å². The van der Waals surface area contributed by atoms with Crippen LogP contribution < -0.4 is 9.80 Å². The number of aliphatic hydroxyl groups is 1. The normalized spacial score (nSPS) is 17.7. The van der Waals surface area contributed by atoms with E-state index in [4.69, 9.17) is 0 Å². The average Bonchev–Trinajstić information content (AvgIpc) is 2.97. The number of nitriles is 1. The number of hydrogen-bond acceptors (Lipinski definition) is 5. The summed E-state index contributed by atoms with van der Waals surface area (Å²) in [6.07, 6.45) is 2.65. The van der Waals surface area contributed by atoms with E-state index in [0.717, 1.165) is 39.3 Å². The molecule has 174 valence electrons. The van der Waals surface area contributed by atoms with E-state index in [1.165, 1.54) is 0 Å². The summed E-state index contributed by atoms with van der Waals surface area (Å²) in [5, 5.41) is 21.3. The van der Waals surface area contributed by atoms with Crippen molar-refractivity contribution >= 4 is 79.1 Å². The first-order chi connectivity index (χ1) is 16.0. The van der Waals surface area contributed by atoms with Crippen molar-refractivity contribution in [3.8, 4) is 17.2 Å². The maximum Gasteiger partial charge on any atom is 0.212 e. The van der Waals surface area contributed by atoms with Crippen LogP contribution in [-0.2, 0) is -0.565 Å². The van der Waals surface area contributed by atoms with E-state index in [-0.39, 0.29) is -0.565 Å². The Balaban J connectivity index is 1.77. The number of aliphatic hydroxyl groups excluding tert-OH is 1. The van der Waals surface area contributed by atoms with Crippen LogP contribution in [0.4, 0.5) is 11.4 Å². The zero-order valence-corrected chi connectivity index (χ0v) is 25.4. The van der Waals surface area contributed by atoms with Crippen LogP contribution in [0.3, 0.4) is 0 Å². The molecule has 2 aromatic carbocycles. The van der Waals surface area contributed by atoms with E-state index < -0.39 is 11.9 Å². The summed E-state index contributed by atoms with van der Waals surface area (Å²) >= 11 is 7.02. The van der Waals surface area contributed by atoms with Crippen LogP contribution in [0.2, 0.25) is 0 Å². The van der Waals surface area contributed by atoms with E-state index in [1.807, 2.05) is 71.5 Å². The van der Waals surface area contributed by atoms with Crippen molar-refractivity contribution in [2.45, 2.75) is 32.1 Å². The second kappa shape index (κ2) is 9.55. The van der Waals surface area contributed by atoms with Crippen molar-refractivity contribution in [2.75, 3.05) is 9.80 Å². The van der Waals surface area contributed by atoms with Gasteiger partial charge in [-0.1, -0.05) is 24.8 Å². The fourth-order valence-corrected chi connectivity index (χ4v) is 6.56. The van der Waals surface area contributed by atoms with Gasteiger partial charge in [-0.25, -0.2) is 0 Å². The standard InChI is InChI=1S/C26H23I3N4O/c1-16-22(12-9-19(14-30)23(16)26(27,28)29)32-17(2)25(3,4)33(24(32)34)21-10-7-18(8-11-21)20-6-5-13-31-15-20/h5-13,15,24,34H,2H2,1,3-4H3/t24-/m1/s1. The van der Waals surface area contributed by atoms with Crippen LogP contribution in [0.5, 0.6) is 0 Å². The average molecular weight is 788 g/mol. The number of aromatic nitrogens is 1. The highest BCUT2D eigenvalue weighted by molar-refractivity contribution is 14.3. The molecule has 8 heteroatoms. The maximum absolute atomic E-state index is 11.6. The van der Waals surface area contributed by atoms with Crippen LogP contribution >= 0.6 is 67.8 Å². The first-order valence-corrected chi connectivity index (χ1v) is 13.8. The lowest BCUT2D eigenvalue weighted by Gasteiger charge is -2.34. The van der Waals surface area contributed by atoms with Crippen LogP contribution in [-0.4, -0.2) is 22.0 Å². The fraction of sp³-hybridized carbons (Fsp3) is 0.231. The molecule has 1 atom stereocenters. The largest absolute Gasteiger partial charge is 0.356 e. The van der Waals surface area contributed by atoms with Gasteiger partial charge in [-0.2, -0.15) is 5.26 Å². The van der Waals surface area contributed by atoms with Gasteiger partial charge in [-0.3, -0.25) is 9.88 Å². The molecule has 0 unspecified atom stereocenters. The molecule has 1 aliphatic rings. The molecule has 1 fully saturated rings. The SMILES string of the molecule is C=C1N(c2ccc(C#N)c(C(I)(I)I)c2C)[C@@H](O)N(c2ccc(-c3cccnc3)cc2)C1(C)C. The van der Waals surface area contributed by atoms with Crippen LogP contribution in [0.15, 0.2) is 73.2 Å². The van der Waals surface area contributed by atoms with Crippen molar-refractivity contribution in [3.63, 3.8) is 0 Å². The minimum absolute atomic E-state index is 0.304. The molecule has 0 bridgehead atoms. The van der Waals surface area contributed by atoms with Gasteiger partial charge in [0.15, 0.2) is -0.565 Å². The van der Waals surface area contributed by atoms with Gasteiger partial charge in [0.2, 0.25) is 6.35 Å². The Labute approximate surface area is 241 Å². The Morgan fingerprint density at radius 3 is 2.32 bits per heavy atom. The third-order valence-corrected chi connectivity index (χ3v) is 7.92. The second-order valence-electron chi connectivity index (χ2n) is 8.62. The molecule has 1 aromatic heterocycles. The molecule has 0 spiro atoms. The Morgan fingerprint density at radius 2 is 1.76 bits per heavy atom. The topological polar surface area (TPSA) is 63.4 Å². The van der Waals surface area contributed by atoms with E-state index in [1.54, 1.807) is 6.20 Å². The maximum atomic E-state index is 11.6. The summed E-state index contributed by atoms with van der Waals surface area (Å²) < 4.78 is -0.304. The highest BCUT2D eigenvalue weighted by Crippen LogP contribution is 2.52. The lowest BCUT2D eigenvalue weighted by molar-refractivity contribution is 0.180. The van der Waals surface area contributed by atoms with E-state index in [2.05, 4.69) is 99.3 Å². The Morgan fingerprint density at radius 1 is 1.09 bits per heavy atom. The third kappa shape index (κ3) is 4.44. The molecule has 0 aliphatic carbocycles. The van der Waals surface area contributed by atoms with E-state index >= 15 is 0 Å². The first kappa shape index (κ1) is 25.7. The quantitative estimate of drug-likeness (QED) is 0.223. The minimum Gasteiger partial charge on any atom is -0.356 e. The molecule has 5 nitrogen and oxygen atoms in total. The lowest BCUT2D eigenvalue weighted by Crippen LogP contribution is -2.45. The summed E-state index contributed by atoms with van der Waals surface area (Å²) in [6, 6.07) is 18.1. The predicted octanol–water partition coefficient (Wildman–Crippen LogP) is 7.24. The summed E-state index contributed by atoms with van der Waals surface area (Å²) in [5.74, 6) is 0. The molecule has 3 aromatic rings. The predicted molar refractivity (Wildman–Crippen MR) is 163 cm³/mol. The summed E-state index contributed by atoms with van der Waals surface area (Å²) in [5.41, 5.74) is 6.65. The van der Waals surface area contributed by atoms with Crippen LogP contribution in [0.25, 0.3) is 11.1 Å². The molecular weight excluding hydrogens is 765 g/mol. The number of rotatable bonds is 4. The highest BCUT2D eigenvalue weighted by Gasteiger charge is 2.48. The molecule has 1 saturated heterocycles. The lowest BCUT2D eigenvalue weighted by atomic mass is 9.98. The van der Waals surface area contributed by atoms with Gasteiger partial charge in [-0.15, -0.1) is 0 Å². The van der Waals surface area contributed by atoms with Gasteiger partial charge in [0.1, 0.15) is 0 Å². The van der Waals surface area contributed by atoms with Crippen molar-refractivity contribution in [3.05, 3.63) is 89.9 Å². The van der Waals surface area contributed by atoms with Gasteiger partial charge >= 0.3 is 0 Å². The van der Waals surface area contributed by atoms with Gasteiger partial charge in [0, 0.05) is 35.0 Å². The smallest absolute Gasteiger partial charge is 0.212 e. The number of hydrogen-bond donors (Lipinski definition) is 1. The van der Waals surface area contributed by atoms with Gasteiger partial charge in [0.25, 0.3) is 0 Å². The third-order valence-electron chi connectivity index (χ3n) is 6.30. The zero-order chi connectivity index (χ0) is 24.8. The number of halogens is 3. The fourth-order valence-electron chi connectivity index (χ4n) is 4.47. The molecule has 0 amide bonds. The zero-order valence-electron chi connectivity index (χ0n) is 18.9. The summed E-state index contributed by atoms with van der Waals surface area (Å²) in [4.78, 5) is 8.06. The van der Waals surface area contributed by atoms with Crippen molar-refractivity contribution in [1.82, 2.24) is 4.98 Å². The number of pyridine rings is 1. The molecule has 1 N–H and O–H groups in total. The Bertz CT molecular complexity index is 1280. The van der Waals surface area contributed by atoms with Crippen molar-refractivity contribution < 1.29 is 5.11 Å². The molecule has 0 saturated carbocycles. The van der Waals surface area contributed by atoms with Crippen LogP contribution in [0, 0.1) is 18.3 Å². The van der Waals surface area contributed by atoms with E-state index in [9.17, 15) is 10.4 Å². The van der Waals surface area contributed by atoms with Crippen molar-refractivity contribution in [1.29, 1.82) is 5.26 Å². The second-order valence-corrected chi connectivity index (χ2v) is 19.7. The molecule has 34 heavy (non-hydrogen) atoms. The van der Waals surface area contributed by atoms with Crippen molar-refractivity contribution in [2.24, 2.45) is 0 Å². The molecule has 1 aliphatic heterocycles. The van der Waals surface area contributed by atoms with Gasteiger partial charge in [-0.05, 0) is 136 Å². The van der Waals surface area contributed by atoms with E-state index in [0.29, 0.717) is 5.56 Å². The molecular formula is C26H23I3N4O. The Hall–Kier alpha value is -1.43. The highest BCUT2D eigenvalue weighted by atomic mass is 127. The van der Waals surface area contributed by atoms with Crippen LogP contribution in [0.1, 0.15) is 30.5 Å². The number of benzene rings is 2. The number of alkyl halides is 3. The summed E-state index contributed by atoms with van der Waals surface area (Å²) in [7, 11) is 0. The molecule has 4 rings (SSSR count).